The number of rotatable bonds is 17. The van der Waals surface area contributed by atoms with Gasteiger partial charge in [-0.25, -0.2) is 0 Å². The standard InChI is InChI=1S/C25H41N3O4/c1-3-5-6-10-14-21(18-23(27)29)28(17-4-2)25(31)22(26)15-11-16-24(30)32-19-20-12-8-7-9-13-20/h7-9,12-13,21-22H,3-6,10-11,14-19,26H2,1-2H3,(H2,27,29)/t21-,22-/m0/s1. The SMILES string of the molecule is CCCCCC[C@@H](CC(N)=O)N(CCC)C(=O)[C@@H](N)CCCC(=O)OCc1ccccc1. The highest BCUT2D eigenvalue weighted by Crippen LogP contribution is 2.17. The molecule has 180 valence electrons. The van der Waals surface area contributed by atoms with E-state index < -0.39 is 11.9 Å². The van der Waals surface area contributed by atoms with Gasteiger partial charge in [0, 0.05) is 25.4 Å². The maximum absolute atomic E-state index is 13.1. The van der Waals surface area contributed by atoms with Crippen LogP contribution in [-0.2, 0) is 25.7 Å². The summed E-state index contributed by atoms with van der Waals surface area (Å²) in [6.07, 6.45) is 7.00. The Kier molecular flexibility index (Phi) is 14.0. The van der Waals surface area contributed by atoms with E-state index >= 15 is 0 Å². The van der Waals surface area contributed by atoms with Gasteiger partial charge in [-0.3, -0.25) is 14.4 Å². The van der Waals surface area contributed by atoms with E-state index in [0.717, 1.165) is 44.1 Å². The largest absolute Gasteiger partial charge is 0.461 e. The van der Waals surface area contributed by atoms with Gasteiger partial charge in [0.1, 0.15) is 6.61 Å². The van der Waals surface area contributed by atoms with Crippen LogP contribution < -0.4 is 11.5 Å². The fraction of sp³-hybridized carbons (Fsp3) is 0.640. The molecule has 0 radical (unpaired) electrons. The molecule has 0 aromatic heterocycles. The van der Waals surface area contributed by atoms with Crippen LogP contribution >= 0.6 is 0 Å². The number of ether oxygens (including phenoxy) is 1. The number of hydrogen-bond donors (Lipinski definition) is 2. The van der Waals surface area contributed by atoms with Gasteiger partial charge in [0.2, 0.25) is 11.8 Å². The zero-order valence-electron chi connectivity index (χ0n) is 19.8. The van der Waals surface area contributed by atoms with Crippen LogP contribution in [0.4, 0.5) is 0 Å². The summed E-state index contributed by atoms with van der Waals surface area (Å²) in [5.74, 6) is -0.887. The van der Waals surface area contributed by atoms with Crippen molar-refractivity contribution in [3.8, 4) is 0 Å². The average Bonchev–Trinajstić information content (AvgIpc) is 2.78. The van der Waals surface area contributed by atoms with Gasteiger partial charge in [-0.15, -0.1) is 0 Å². The quantitative estimate of drug-likeness (QED) is 0.279. The van der Waals surface area contributed by atoms with Crippen LogP contribution in [0.25, 0.3) is 0 Å². The van der Waals surface area contributed by atoms with Gasteiger partial charge in [-0.05, 0) is 31.2 Å². The van der Waals surface area contributed by atoms with Crippen molar-refractivity contribution in [1.82, 2.24) is 4.90 Å². The predicted octanol–water partition coefficient (Wildman–Crippen LogP) is 3.68. The Morgan fingerprint density at radius 3 is 2.31 bits per heavy atom. The van der Waals surface area contributed by atoms with E-state index in [9.17, 15) is 14.4 Å². The number of nitrogens with two attached hydrogens (primary N) is 2. The van der Waals surface area contributed by atoms with Gasteiger partial charge in [0.25, 0.3) is 0 Å². The molecular formula is C25H41N3O4. The summed E-state index contributed by atoms with van der Waals surface area (Å²) in [5.41, 5.74) is 12.6. The first-order chi connectivity index (χ1) is 15.4. The molecule has 0 saturated heterocycles. The minimum Gasteiger partial charge on any atom is -0.461 e. The van der Waals surface area contributed by atoms with Crippen molar-refractivity contribution >= 4 is 17.8 Å². The minimum atomic E-state index is -0.713. The number of esters is 1. The molecule has 0 aliphatic heterocycles. The maximum Gasteiger partial charge on any atom is 0.306 e. The molecule has 2 atom stereocenters. The number of nitrogens with zero attached hydrogens (tertiary/aromatic N) is 1. The van der Waals surface area contributed by atoms with E-state index in [-0.39, 0.29) is 37.4 Å². The highest BCUT2D eigenvalue weighted by molar-refractivity contribution is 5.83. The van der Waals surface area contributed by atoms with Crippen LogP contribution in [-0.4, -0.2) is 41.3 Å². The molecule has 7 nitrogen and oxygen atoms in total. The van der Waals surface area contributed by atoms with Crippen LogP contribution in [0.2, 0.25) is 0 Å². The molecule has 7 heteroatoms. The highest BCUT2D eigenvalue weighted by atomic mass is 16.5. The average molecular weight is 448 g/mol. The Hall–Kier alpha value is -2.41. The van der Waals surface area contributed by atoms with Crippen molar-refractivity contribution in [3.63, 3.8) is 0 Å². The molecule has 0 fully saturated rings. The molecule has 0 aliphatic rings. The fourth-order valence-electron chi connectivity index (χ4n) is 3.73. The van der Waals surface area contributed by atoms with Gasteiger partial charge in [0.05, 0.1) is 6.04 Å². The Morgan fingerprint density at radius 1 is 0.969 bits per heavy atom. The molecule has 0 bridgehead atoms. The summed E-state index contributed by atoms with van der Waals surface area (Å²) in [7, 11) is 0. The van der Waals surface area contributed by atoms with E-state index in [1.165, 1.54) is 0 Å². The van der Waals surface area contributed by atoms with Crippen molar-refractivity contribution in [2.75, 3.05) is 6.54 Å². The van der Waals surface area contributed by atoms with Gasteiger partial charge in [-0.2, -0.15) is 0 Å². The first-order valence-corrected chi connectivity index (χ1v) is 11.9. The first kappa shape index (κ1) is 27.6. The summed E-state index contributed by atoms with van der Waals surface area (Å²) < 4.78 is 5.28. The molecular weight excluding hydrogens is 406 g/mol. The number of benzene rings is 1. The van der Waals surface area contributed by atoms with Gasteiger partial charge >= 0.3 is 5.97 Å². The van der Waals surface area contributed by atoms with Crippen molar-refractivity contribution in [3.05, 3.63) is 35.9 Å². The van der Waals surface area contributed by atoms with Crippen LogP contribution in [0.3, 0.4) is 0 Å². The number of hydrogen-bond acceptors (Lipinski definition) is 5. The lowest BCUT2D eigenvalue weighted by Crippen LogP contribution is -2.50. The summed E-state index contributed by atoms with van der Waals surface area (Å²) in [6, 6.07) is 8.55. The third-order valence-electron chi connectivity index (χ3n) is 5.47. The van der Waals surface area contributed by atoms with E-state index in [1.54, 1.807) is 4.90 Å². The smallest absolute Gasteiger partial charge is 0.306 e. The van der Waals surface area contributed by atoms with E-state index in [0.29, 0.717) is 19.4 Å². The van der Waals surface area contributed by atoms with Crippen molar-refractivity contribution < 1.29 is 19.1 Å². The summed E-state index contributed by atoms with van der Waals surface area (Å²) in [6.45, 7) is 4.91. The Bertz CT molecular complexity index is 681. The maximum atomic E-state index is 13.1. The van der Waals surface area contributed by atoms with Crippen LogP contribution in [0.1, 0.15) is 83.6 Å². The number of carbonyl (C=O) groups is 3. The molecule has 0 spiro atoms. The van der Waals surface area contributed by atoms with E-state index in [1.807, 2.05) is 37.3 Å². The third-order valence-corrected chi connectivity index (χ3v) is 5.47. The van der Waals surface area contributed by atoms with Crippen molar-refractivity contribution in [2.45, 2.75) is 96.7 Å². The predicted molar refractivity (Wildman–Crippen MR) is 126 cm³/mol. The molecule has 2 amide bonds. The molecule has 0 unspecified atom stereocenters. The van der Waals surface area contributed by atoms with Crippen LogP contribution in [0.15, 0.2) is 30.3 Å². The Morgan fingerprint density at radius 2 is 1.69 bits per heavy atom. The molecule has 1 aromatic carbocycles. The molecule has 1 rings (SSSR count). The Balaban J connectivity index is 2.54. The van der Waals surface area contributed by atoms with Crippen LogP contribution in [0.5, 0.6) is 0 Å². The lowest BCUT2D eigenvalue weighted by atomic mass is 10.0. The summed E-state index contributed by atoms with van der Waals surface area (Å²) >= 11 is 0. The second kappa shape index (κ2) is 16.3. The molecule has 0 saturated carbocycles. The second-order valence-electron chi connectivity index (χ2n) is 8.35. The molecule has 32 heavy (non-hydrogen) atoms. The third kappa shape index (κ3) is 11.3. The number of primary amides is 1. The molecule has 0 aliphatic carbocycles. The lowest BCUT2D eigenvalue weighted by molar-refractivity contribution is -0.145. The monoisotopic (exact) mass is 447 g/mol. The molecule has 4 N–H and O–H groups in total. The normalized spacial score (nSPS) is 12.7. The highest BCUT2D eigenvalue weighted by Gasteiger charge is 2.28. The first-order valence-electron chi connectivity index (χ1n) is 11.9. The number of unbranched alkanes of at least 4 members (excludes halogenated alkanes) is 3. The van der Waals surface area contributed by atoms with Crippen molar-refractivity contribution in [1.29, 1.82) is 0 Å². The number of carbonyl (C=O) groups excluding carboxylic acids is 3. The molecule has 1 aromatic rings. The minimum absolute atomic E-state index is 0.149. The van der Waals surface area contributed by atoms with E-state index in [2.05, 4.69) is 6.92 Å². The zero-order valence-corrected chi connectivity index (χ0v) is 19.8. The van der Waals surface area contributed by atoms with Gasteiger partial charge in [0.15, 0.2) is 0 Å². The van der Waals surface area contributed by atoms with Crippen LogP contribution in [0, 0.1) is 0 Å². The Labute approximate surface area is 192 Å². The summed E-state index contributed by atoms with van der Waals surface area (Å²) in [5, 5.41) is 0. The number of amides is 2. The van der Waals surface area contributed by atoms with Gasteiger partial charge in [-0.1, -0.05) is 69.9 Å². The summed E-state index contributed by atoms with van der Waals surface area (Å²) in [4.78, 5) is 38.4. The molecule has 0 heterocycles. The zero-order chi connectivity index (χ0) is 23.8. The van der Waals surface area contributed by atoms with Gasteiger partial charge < -0.3 is 21.1 Å². The van der Waals surface area contributed by atoms with Crippen molar-refractivity contribution in [2.24, 2.45) is 11.5 Å². The fourth-order valence-corrected chi connectivity index (χ4v) is 3.73. The topological polar surface area (TPSA) is 116 Å². The lowest BCUT2D eigenvalue weighted by Gasteiger charge is -2.33. The second-order valence-corrected chi connectivity index (χ2v) is 8.35. The van der Waals surface area contributed by atoms with E-state index in [4.69, 9.17) is 16.2 Å².